The molecule has 2 fully saturated rings. The van der Waals surface area contributed by atoms with E-state index in [2.05, 4.69) is 33.3 Å². The number of carbonyl (C=O) groups excluding carboxylic acids is 1. The lowest BCUT2D eigenvalue weighted by Crippen LogP contribution is -2.53. The standard InChI is InChI=1S/C24H31N3O2/c1-19(27-15-13-26(14-16-27)18-21-10-7-17-29-21)24(28)25-23-12-6-5-11-22(23)20-8-3-2-4-9-20/h2-6,8-9,11-12,19,21H,7,10,13-18H2,1H3,(H,25,28)/t19-,21+/m1/s1. The van der Waals surface area contributed by atoms with Gasteiger partial charge in [0, 0.05) is 50.6 Å². The molecule has 0 aliphatic carbocycles. The number of carbonyl (C=O) groups is 1. The average molecular weight is 394 g/mol. The van der Waals surface area contributed by atoms with Crippen molar-refractivity contribution in [2.45, 2.75) is 31.9 Å². The highest BCUT2D eigenvalue weighted by Crippen LogP contribution is 2.28. The molecule has 29 heavy (non-hydrogen) atoms. The lowest BCUT2D eigenvalue weighted by atomic mass is 10.0. The summed E-state index contributed by atoms with van der Waals surface area (Å²) in [4.78, 5) is 17.7. The van der Waals surface area contributed by atoms with Crippen LogP contribution < -0.4 is 5.32 Å². The van der Waals surface area contributed by atoms with Crippen molar-refractivity contribution in [2.75, 3.05) is 44.6 Å². The Morgan fingerprint density at radius 1 is 1.07 bits per heavy atom. The molecule has 2 saturated heterocycles. The third-order valence-corrected chi connectivity index (χ3v) is 6.09. The first-order chi connectivity index (χ1) is 14.2. The maximum absolute atomic E-state index is 13.0. The minimum Gasteiger partial charge on any atom is -0.377 e. The van der Waals surface area contributed by atoms with Gasteiger partial charge in [-0.15, -0.1) is 0 Å². The van der Waals surface area contributed by atoms with E-state index in [1.54, 1.807) is 0 Å². The quantitative estimate of drug-likeness (QED) is 0.816. The van der Waals surface area contributed by atoms with E-state index < -0.39 is 0 Å². The largest absolute Gasteiger partial charge is 0.377 e. The molecule has 4 rings (SSSR count). The zero-order valence-corrected chi connectivity index (χ0v) is 17.2. The van der Waals surface area contributed by atoms with Gasteiger partial charge in [-0.25, -0.2) is 0 Å². The van der Waals surface area contributed by atoms with Gasteiger partial charge < -0.3 is 10.1 Å². The first-order valence-electron chi connectivity index (χ1n) is 10.7. The molecule has 5 heteroatoms. The average Bonchev–Trinajstić information content (AvgIpc) is 3.28. The van der Waals surface area contributed by atoms with Crippen LogP contribution in [0, 0.1) is 0 Å². The van der Waals surface area contributed by atoms with Crippen molar-refractivity contribution < 1.29 is 9.53 Å². The minimum atomic E-state index is -0.149. The number of anilines is 1. The van der Waals surface area contributed by atoms with Crippen LogP contribution in [-0.2, 0) is 9.53 Å². The van der Waals surface area contributed by atoms with Gasteiger partial charge in [0.05, 0.1) is 12.1 Å². The number of piperazine rings is 1. The van der Waals surface area contributed by atoms with Gasteiger partial charge in [-0.1, -0.05) is 48.5 Å². The molecule has 0 aromatic heterocycles. The van der Waals surface area contributed by atoms with E-state index in [-0.39, 0.29) is 11.9 Å². The molecule has 0 radical (unpaired) electrons. The Kier molecular flexibility index (Phi) is 6.60. The van der Waals surface area contributed by atoms with E-state index in [1.807, 2.05) is 43.3 Å². The second kappa shape index (κ2) is 9.53. The fourth-order valence-electron chi connectivity index (χ4n) is 4.27. The summed E-state index contributed by atoms with van der Waals surface area (Å²) in [6.45, 7) is 7.78. The van der Waals surface area contributed by atoms with Gasteiger partial charge in [0.1, 0.15) is 0 Å². The summed E-state index contributed by atoms with van der Waals surface area (Å²) in [7, 11) is 0. The van der Waals surface area contributed by atoms with E-state index in [1.165, 1.54) is 12.8 Å². The maximum Gasteiger partial charge on any atom is 0.241 e. The maximum atomic E-state index is 13.0. The number of benzene rings is 2. The summed E-state index contributed by atoms with van der Waals surface area (Å²) in [5, 5.41) is 3.16. The topological polar surface area (TPSA) is 44.8 Å². The van der Waals surface area contributed by atoms with Crippen molar-refractivity contribution in [2.24, 2.45) is 0 Å². The second-order valence-corrected chi connectivity index (χ2v) is 8.05. The molecular formula is C24H31N3O2. The highest BCUT2D eigenvalue weighted by Gasteiger charge is 2.27. The van der Waals surface area contributed by atoms with E-state index in [4.69, 9.17) is 4.74 Å². The van der Waals surface area contributed by atoms with Gasteiger partial charge in [0.25, 0.3) is 0 Å². The minimum absolute atomic E-state index is 0.0564. The molecule has 1 N–H and O–H groups in total. The van der Waals surface area contributed by atoms with Crippen molar-refractivity contribution >= 4 is 11.6 Å². The second-order valence-electron chi connectivity index (χ2n) is 8.05. The van der Waals surface area contributed by atoms with Gasteiger partial charge in [-0.2, -0.15) is 0 Å². The summed E-state index contributed by atoms with van der Waals surface area (Å²) < 4.78 is 5.76. The van der Waals surface area contributed by atoms with Crippen LogP contribution in [0.15, 0.2) is 54.6 Å². The number of hydrogen-bond acceptors (Lipinski definition) is 4. The SMILES string of the molecule is C[C@H](C(=O)Nc1ccccc1-c1ccccc1)N1CCN(C[C@@H]2CCCO2)CC1. The molecule has 2 heterocycles. The summed E-state index contributed by atoms with van der Waals surface area (Å²) in [6, 6.07) is 18.1. The molecule has 2 aliphatic heterocycles. The van der Waals surface area contributed by atoms with Crippen LogP contribution in [0.1, 0.15) is 19.8 Å². The zero-order valence-electron chi connectivity index (χ0n) is 17.2. The Morgan fingerprint density at radius 2 is 1.79 bits per heavy atom. The molecule has 0 unspecified atom stereocenters. The molecule has 0 bridgehead atoms. The summed E-state index contributed by atoms with van der Waals surface area (Å²) in [5.41, 5.74) is 3.03. The lowest BCUT2D eigenvalue weighted by molar-refractivity contribution is -0.121. The number of ether oxygens (including phenoxy) is 1. The van der Waals surface area contributed by atoms with Crippen molar-refractivity contribution in [3.63, 3.8) is 0 Å². The molecule has 0 saturated carbocycles. The highest BCUT2D eigenvalue weighted by molar-refractivity contribution is 5.98. The van der Waals surface area contributed by atoms with Crippen molar-refractivity contribution in [1.29, 1.82) is 0 Å². The molecule has 2 aliphatic rings. The number of amides is 1. The molecule has 5 nitrogen and oxygen atoms in total. The fourth-order valence-corrected chi connectivity index (χ4v) is 4.27. The predicted molar refractivity (Wildman–Crippen MR) is 117 cm³/mol. The third-order valence-electron chi connectivity index (χ3n) is 6.09. The van der Waals surface area contributed by atoms with Gasteiger partial charge in [-0.3, -0.25) is 14.6 Å². The smallest absolute Gasteiger partial charge is 0.241 e. The van der Waals surface area contributed by atoms with Crippen LogP contribution >= 0.6 is 0 Å². The number of nitrogens with zero attached hydrogens (tertiary/aromatic N) is 2. The number of nitrogens with one attached hydrogen (secondary N) is 1. The Hall–Kier alpha value is -2.21. The summed E-state index contributed by atoms with van der Waals surface area (Å²) in [5.74, 6) is 0.0564. The summed E-state index contributed by atoms with van der Waals surface area (Å²) >= 11 is 0. The zero-order chi connectivity index (χ0) is 20.1. The first-order valence-corrected chi connectivity index (χ1v) is 10.7. The lowest BCUT2D eigenvalue weighted by Gasteiger charge is -2.38. The molecule has 2 aromatic carbocycles. The molecule has 2 atom stereocenters. The summed E-state index contributed by atoms with van der Waals surface area (Å²) in [6.07, 6.45) is 2.77. The van der Waals surface area contributed by atoms with Crippen LogP contribution in [0.3, 0.4) is 0 Å². The Balaban J connectivity index is 1.34. The fraction of sp³-hybridized carbons (Fsp3) is 0.458. The molecule has 154 valence electrons. The van der Waals surface area contributed by atoms with Crippen LogP contribution in [0.5, 0.6) is 0 Å². The van der Waals surface area contributed by atoms with Gasteiger partial charge in [0.15, 0.2) is 0 Å². The van der Waals surface area contributed by atoms with Crippen LogP contribution in [-0.4, -0.2) is 67.2 Å². The van der Waals surface area contributed by atoms with E-state index >= 15 is 0 Å². The first kappa shape index (κ1) is 20.1. The molecule has 2 aromatic rings. The van der Waals surface area contributed by atoms with E-state index in [9.17, 15) is 4.79 Å². The Labute approximate surface area is 173 Å². The number of para-hydroxylation sites is 1. The van der Waals surface area contributed by atoms with Gasteiger partial charge >= 0.3 is 0 Å². The number of hydrogen-bond donors (Lipinski definition) is 1. The Morgan fingerprint density at radius 3 is 2.52 bits per heavy atom. The monoisotopic (exact) mass is 393 g/mol. The van der Waals surface area contributed by atoms with Crippen LogP contribution in [0.25, 0.3) is 11.1 Å². The third kappa shape index (κ3) is 5.04. The van der Waals surface area contributed by atoms with E-state index in [0.717, 1.165) is 56.1 Å². The van der Waals surface area contributed by atoms with Crippen LogP contribution in [0.4, 0.5) is 5.69 Å². The van der Waals surface area contributed by atoms with Crippen molar-refractivity contribution in [3.8, 4) is 11.1 Å². The van der Waals surface area contributed by atoms with Crippen molar-refractivity contribution in [3.05, 3.63) is 54.6 Å². The number of rotatable bonds is 6. The molecule has 1 amide bonds. The molecule has 0 spiro atoms. The van der Waals surface area contributed by atoms with Gasteiger partial charge in [0.2, 0.25) is 5.91 Å². The van der Waals surface area contributed by atoms with Crippen molar-refractivity contribution in [1.82, 2.24) is 9.80 Å². The van der Waals surface area contributed by atoms with E-state index in [0.29, 0.717) is 6.10 Å². The van der Waals surface area contributed by atoms with Gasteiger partial charge in [-0.05, 0) is 31.4 Å². The van der Waals surface area contributed by atoms with Crippen LogP contribution in [0.2, 0.25) is 0 Å². The molecular weight excluding hydrogens is 362 g/mol. The highest BCUT2D eigenvalue weighted by atomic mass is 16.5. The predicted octanol–water partition coefficient (Wildman–Crippen LogP) is 3.48. The Bertz CT molecular complexity index is 797. The normalized spacial score (nSPS) is 21.8.